The maximum Gasteiger partial charge on any atom is 0.0664 e. The molecule has 0 fully saturated rings. The first-order chi connectivity index (χ1) is 7.90. The number of hydrogen-bond donors (Lipinski definition) is 1. The Balaban J connectivity index is 2.46. The summed E-state index contributed by atoms with van der Waals surface area (Å²) >= 11 is 12.0. The van der Waals surface area contributed by atoms with Gasteiger partial charge in [0.2, 0.25) is 0 Å². The molecule has 17 heavy (non-hydrogen) atoms. The van der Waals surface area contributed by atoms with E-state index in [0.29, 0.717) is 10.0 Å². The predicted molar refractivity (Wildman–Crippen MR) is 77.9 cm³/mol. The lowest BCUT2D eigenvalue weighted by atomic mass is 10.1. The highest BCUT2D eigenvalue weighted by molar-refractivity contribution is 6.42. The molecule has 0 aliphatic heterocycles. The lowest BCUT2D eigenvalue weighted by Crippen LogP contribution is -2.36. The van der Waals surface area contributed by atoms with Crippen molar-refractivity contribution in [2.75, 3.05) is 6.54 Å². The van der Waals surface area contributed by atoms with Crippen LogP contribution in [-0.4, -0.2) is 12.1 Å². The number of nitrogens with one attached hydrogen (secondary N) is 1. The highest BCUT2D eigenvalue weighted by atomic mass is 35.5. The summed E-state index contributed by atoms with van der Waals surface area (Å²) in [7, 11) is 0. The van der Waals surface area contributed by atoms with Crippen molar-refractivity contribution in [1.82, 2.24) is 5.32 Å². The highest BCUT2D eigenvalue weighted by Gasteiger charge is 2.06. The van der Waals surface area contributed by atoms with Gasteiger partial charge in [-0.3, -0.25) is 0 Å². The van der Waals surface area contributed by atoms with E-state index in [-0.39, 0.29) is 5.54 Å². The second kappa shape index (κ2) is 6.44. The minimum Gasteiger partial charge on any atom is -0.312 e. The first kappa shape index (κ1) is 14.6. The molecule has 0 heterocycles. The van der Waals surface area contributed by atoms with Gasteiger partial charge in [-0.05, 0) is 45.4 Å². The molecule has 1 nitrogen and oxygen atoms in total. The fourth-order valence-corrected chi connectivity index (χ4v) is 1.76. The molecule has 0 aliphatic carbocycles. The second-order valence-electron chi connectivity index (χ2n) is 5.01. The van der Waals surface area contributed by atoms with Crippen LogP contribution in [0, 0.1) is 0 Å². The summed E-state index contributed by atoms with van der Waals surface area (Å²) in [5.41, 5.74) is 1.14. The van der Waals surface area contributed by atoms with E-state index in [9.17, 15) is 0 Å². The van der Waals surface area contributed by atoms with Crippen molar-refractivity contribution in [3.05, 3.63) is 39.9 Å². The topological polar surface area (TPSA) is 12.0 Å². The van der Waals surface area contributed by atoms with E-state index in [1.807, 2.05) is 18.2 Å². The van der Waals surface area contributed by atoms with Crippen LogP contribution in [0.1, 0.15) is 32.8 Å². The summed E-state index contributed by atoms with van der Waals surface area (Å²) in [6.45, 7) is 7.43. The average Bonchev–Trinajstić information content (AvgIpc) is 2.22. The maximum atomic E-state index is 6.08. The molecule has 0 radical (unpaired) electrons. The van der Waals surface area contributed by atoms with Crippen LogP contribution in [0.3, 0.4) is 0 Å². The lowest BCUT2D eigenvalue weighted by molar-refractivity contribution is 0.431. The van der Waals surface area contributed by atoms with E-state index in [0.717, 1.165) is 18.5 Å². The zero-order valence-corrected chi connectivity index (χ0v) is 12.1. The molecule has 0 bridgehead atoms. The normalized spacial score (nSPS) is 12.3. The molecular formula is C14H19Cl2N. The standard InChI is InChI=1S/C14H19Cl2N/c1-14(2,3)17-10-5-4-7-11-8-6-9-12(15)13(11)16/h4,6-9,17H,5,10H2,1-3H3. The van der Waals surface area contributed by atoms with Crippen molar-refractivity contribution in [1.29, 1.82) is 0 Å². The summed E-state index contributed by atoms with van der Waals surface area (Å²) < 4.78 is 0. The van der Waals surface area contributed by atoms with Crippen LogP contribution in [0.4, 0.5) is 0 Å². The fraction of sp³-hybridized carbons (Fsp3) is 0.429. The third-order valence-corrected chi connectivity index (χ3v) is 3.08. The molecule has 94 valence electrons. The summed E-state index contributed by atoms with van der Waals surface area (Å²) in [5.74, 6) is 0. The van der Waals surface area contributed by atoms with Gasteiger partial charge < -0.3 is 5.32 Å². The first-order valence-electron chi connectivity index (χ1n) is 5.76. The molecule has 0 spiro atoms. The van der Waals surface area contributed by atoms with E-state index in [1.54, 1.807) is 6.07 Å². The third kappa shape index (κ3) is 5.58. The van der Waals surface area contributed by atoms with Gasteiger partial charge in [0.25, 0.3) is 0 Å². The van der Waals surface area contributed by atoms with Gasteiger partial charge in [0.15, 0.2) is 0 Å². The zero-order valence-electron chi connectivity index (χ0n) is 10.6. The van der Waals surface area contributed by atoms with E-state index in [2.05, 4.69) is 32.2 Å². The SMILES string of the molecule is CC(C)(C)NCCC=Cc1cccc(Cl)c1Cl. The molecule has 0 saturated carbocycles. The van der Waals surface area contributed by atoms with Gasteiger partial charge in [-0.15, -0.1) is 0 Å². The molecule has 0 amide bonds. The molecule has 0 atom stereocenters. The summed E-state index contributed by atoms with van der Waals surface area (Å²) in [4.78, 5) is 0. The molecule has 0 unspecified atom stereocenters. The van der Waals surface area contributed by atoms with Crippen LogP contribution in [0.25, 0.3) is 6.08 Å². The Labute approximate surface area is 114 Å². The van der Waals surface area contributed by atoms with Crippen LogP contribution < -0.4 is 5.32 Å². The number of benzene rings is 1. The van der Waals surface area contributed by atoms with E-state index in [1.165, 1.54) is 0 Å². The van der Waals surface area contributed by atoms with Crippen LogP contribution in [-0.2, 0) is 0 Å². The zero-order chi connectivity index (χ0) is 12.9. The minimum absolute atomic E-state index is 0.168. The smallest absolute Gasteiger partial charge is 0.0664 e. The largest absolute Gasteiger partial charge is 0.312 e. The summed E-state index contributed by atoms with van der Waals surface area (Å²) in [6.07, 6.45) is 5.09. The van der Waals surface area contributed by atoms with Crippen molar-refractivity contribution in [3.63, 3.8) is 0 Å². The van der Waals surface area contributed by atoms with Gasteiger partial charge in [-0.1, -0.05) is 47.5 Å². The van der Waals surface area contributed by atoms with Crippen molar-refractivity contribution in [2.45, 2.75) is 32.7 Å². The Bertz CT molecular complexity index is 392. The Morgan fingerprint density at radius 3 is 2.59 bits per heavy atom. The van der Waals surface area contributed by atoms with Crippen LogP contribution >= 0.6 is 23.2 Å². The van der Waals surface area contributed by atoms with E-state index >= 15 is 0 Å². The quantitative estimate of drug-likeness (QED) is 0.777. The molecular weight excluding hydrogens is 253 g/mol. The van der Waals surface area contributed by atoms with Crippen molar-refractivity contribution >= 4 is 29.3 Å². The Morgan fingerprint density at radius 2 is 1.94 bits per heavy atom. The summed E-state index contributed by atoms with van der Waals surface area (Å²) in [5, 5.41) is 4.64. The van der Waals surface area contributed by atoms with Crippen LogP contribution in [0.15, 0.2) is 24.3 Å². The number of rotatable bonds is 4. The second-order valence-corrected chi connectivity index (χ2v) is 5.80. The van der Waals surface area contributed by atoms with Crippen molar-refractivity contribution in [2.24, 2.45) is 0 Å². The maximum absolute atomic E-state index is 6.08. The first-order valence-corrected chi connectivity index (χ1v) is 6.51. The molecule has 1 aromatic rings. The predicted octanol–water partition coefficient (Wildman–Crippen LogP) is 4.78. The molecule has 0 saturated heterocycles. The molecule has 3 heteroatoms. The van der Waals surface area contributed by atoms with E-state index < -0.39 is 0 Å². The van der Waals surface area contributed by atoms with Gasteiger partial charge in [0.1, 0.15) is 0 Å². The van der Waals surface area contributed by atoms with Crippen LogP contribution in [0.5, 0.6) is 0 Å². The molecule has 0 aliphatic rings. The number of halogens is 2. The monoisotopic (exact) mass is 271 g/mol. The molecule has 1 rings (SSSR count). The lowest BCUT2D eigenvalue weighted by Gasteiger charge is -2.19. The Hall–Kier alpha value is -0.500. The molecule has 1 N–H and O–H groups in total. The third-order valence-electron chi connectivity index (χ3n) is 2.25. The minimum atomic E-state index is 0.168. The van der Waals surface area contributed by atoms with E-state index in [4.69, 9.17) is 23.2 Å². The van der Waals surface area contributed by atoms with Crippen LogP contribution in [0.2, 0.25) is 10.0 Å². The Kier molecular flexibility index (Phi) is 5.51. The van der Waals surface area contributed by atoms with Gasteiger partial charge in [-0.2, -0.15) is 0 Å². The summed E-state index contributed by atoms with van der Waals surface area (Å²) in [6, 6.07) is 5.66. The van der Waals surface area contributed by atoms with Gasteiger partial charge in [0.05, 0.1) is 10.0 Å². The average molecular weight is 272 g/mol. The van der Waals surface area contributed by atoms with Crippen molar-refractivity contribution in [3.8, 4) is 0 Å². The number of hydrogen-bond acceptors (Lipinski definition) is 1. The van der Waals surface area contributed by atoms with Gasteiger partial charge >= 0.3 is 0 Å². The highest BCUT2D eigenvalue weighted by Crippen LogP contribution is 2.26. The van der Waals surface area contributed by atoms with Gasteiger partial charge in [-0.25, -0.2) is 0 Å². The Morgan fingerprint density at radius 1 is 1.24 bits per heavy atom. The molecule has 0 aromatic heterocycles. The molecule has 1 aromatic carbocycles. The van der Waals surface area contributed by atoms with Gasteiger partial charge in [0, 0.05) is 5.54 Å². The van der Waals surface area contributed by atoms with Crippen molar-refractivity contribution < 1.29 is 0 Å². The fourth-order valence-electron chi connectivity index (χ4n) is 1.39.